The van der Waals surface area contributed by atoms with E-state index in [0.29, 0.717) is 18.4 Å². The molecule has 0 spiro atoms. The molecule has 0 aliphatic carbocycles. The minimum absolute atomic E-state index is 0.287. The quantitative estimate of drug-likeness (QED) is 0.758. The van der Waals surface area contributed by atoms with E-state index in [1.165, 1.54) is 11.3 Å². The molecule has 3 rings (SSSR count). The largest absolute Gasteiger partial charge is 0.371 e. The van der Waals surface area contributed by atoms with E-state index in [4.69, 9.17) is 0 Å². The summed E-state index contributed by atoms with van der Waals surface area (Å²) in [5.41, 5.74) is 3.70. The van der Waals surface area contributed by atoms with Crippen molar-refractivity contribution in [1.29, 1.82) is 0 Å². The van der Waals surface area contributed by atoms with Gasteiger partial charge >= 0.3 is 0 Å². The van der Waals surface area contributed by atoms with Gasteiger partial charge in [-0.1, -0.05) is 26.0 Å². The highest BCUT2D eigenvalue weighted by atomic mass is 16.2. The molecular weight excluding hydrogens is 224 g/mol. The van der Waals surface area contributed by atoms with Gasteiger partial charge in [-0.2, -0.15) is 0 Å². The second-order valence-electron chi connectivity index (χ2n) is 5.71. The topological polar surface area (TPSA) is 23.6 Å². The van der Waals surface area contributed by atoms with Crippen LogP contribution < -0.4 is 9.80 Å². The van der Waals surface area contributed by atoms with E-state index in [1.54, 1.807) is 0 Å². The smallest absolute Gasteiger partial charge is 0.227 e. The number of para-hydroxylation sites is 1. The maximum atomic E-state index is 12.1. The first-order valence-corrected chi connectivity index (χ1v) is 6.75. The van der Waals surface area contributed by atoms with E-state index in [1.807, 2.05) is 4.90 Å². The molecule has 2 heterocycles. The minimum atomic E-state index is 0.287. The van der Waals surface area contributed by atoms with Crippen molar-refractivity contribution in [3.05, 3.63) is 23.8 Å². The van der Waals surface area contributed by atoms with Crippen LogP contribution in [0.1, 0.15) is 38.2 Å². The maximum Gasteiger partial charge on any atom is 0.227 e. The Bertz CT molecular complexity index is 495. The predicted octanol–water partition coefficient (Wildman–Crippen LogP) is 2.76. The Kier molecular flexibility index (Phi) is 2.58. The van der Waals surface area contributed by atoms with Crippen molar-refractivity contribution in [2.75, 3.05) is 23.4 Å². The third kappa shape index (κ3) is 1.53. The van der Waals surface area contributed by atoms with Crippen molar-refractivity contribution < 1.29 is 4.79 Å². The molecule has 1 saturated heterocycles. The van der Waals surface area contributed by atoms with Crippen LogP contribution >= 0.6 is 0 Å². The zero-order valence-corrected chi connectivity index (χ0v) is 11.3. The van der Waals surface area contributed by atoms with E-state index in [2.05, 4.69) is 44.0 Å². The van der Waals surface area contributed by atoms with Crippen LogP contribution in [0.3, 0.4) is 0 Å². The van der Waals surface area contributed by atoms with Crippen LogP contribution in [0.4, 0.5) is 11.4 Å². The Labute approximate surface area is 108 Å². The molecule has 0 bridgehead atoms. The molecule has 0 saturated carbocycles. The first kappa shape index (κ1) is 11.6. The van der Waals surface area contributed by atoms with Crippen LogP contribution in [0.15, 0.2) is 18.2 Å². The molecule has 2 aliphatic heterocycles. The molecule has 3 heteroatoms. The van der Waals surface area contributed by atoms with Crippen LogP contribution in [0.2, 0.25) is 0 Å². The number of amides is 1. The number of benzene rings is 1. The zero-order valence-electron chi connectivity index (χ0n) is 11.3. The van der Waals surface area contributed by atoms with Crippen molar-refractivity contribution in [3.8, 4) is 0 Å². The molecule has 0 radical (unpaired) electrons. The zero-order chi connectivity index (χ0) is 12.9. The molecule has 1 atom stereocenters. The van der Waals surface area contributed by atoms with Gasteiger partial charge in [-0.15, -0.1) is 0 Å². The summed E-state index contributed by atoms with van der Waals surface area (Å²) in [4.78, 5) is 16.4. The van der Waals surface area contributed by atoms with Crippen molar-refractivity contribution in [2.45, 2.75) is 38.6 Å². The average Bonchev–Trinajstić information content (AvgIpc) is 2.70. The number of likely N-dealkylation sites (N-methyl/N-ethyl adjacent to an activating group) is 1. The summed E-state index contributed by atoms with van der Waals surface area (Å²) in [6, 6.07) is 6.72. The van der Waals surface area contributed by atoms with Crippen molar-refractivity contribution >= 4 is 17.3 Å². The first-order valence-electron chi connectivity index (χ1n) is 6.75. The highest BCUT2D eigenvalue weighted by molar-refractivity contribution is 6.01. The van der Waals surface area contributed by atoms with Gasteiger partial charge in [0.25, 0.3) is 0 Å². The normalized spacial score (nSPS) is 22.4. The second-order valence-corrected chi connectivity index (χ2v) is 5.71. The van der Waals surface area contributed by atoms with Crippen LogP contribution in [-0.2, 0) is 4.79 Å². The van der Waals surface area contributed by atoms with E-state index >= 15 is 0 Å². The van der Waals surface area contributed by atoms with Gasteiger partial charge in [0.15, 0.2) is 0 Å². The molecule has 0 unspecified atom stereocenters. The van der Waals surface area contributed by atoms with E-state index in [0.717, 1.165) is 18.7 Å². The number of hydrogen-bond acceptors (Lipinski definition) is 2. The number of carbonyl (C=O) groups is 1. The highest BCUT2D eigenvalue weighted by Crippen LogP contribution is 2.43. The molecule has 18 heavy (non-hydrogen) atoms. The van der Waals surface area contributed by atoms with Crippen molar-refractivity contribution in [3.63, 3.8) is 0 Å². The van der Waals surface area contributed by atoms with E-state index in [9.17, 15) is 4.79 Å². The van der Waals surface area contributed by atoms with Crippen LogP contribution in [-0.4, -0.2) is 25.5 Å². The fourth-order valence-corrected chi connectivity index (χ4v) is 3.28. The van der Waals surface area contributed by atoms with E-state index in [-0.39, 0.29) is 5.91 Å². The third-order valence-electron chi connectivity index (χ3n) is 4.12. The Morgan fingerprint density at radius 3 is 2.83 bits per heavy atom. The number of nitrogens with zero attached hydrogens (tertiary/aromatic N) is 2. The summed E-state index contributed by atoms with van der Waals surface area (Å²) < 4.78 is 0. The Balaban J connectivity index is 2.17. The number of anilines is 2. The summed E-state index contributed by atoms with van der Waals surface area (Å²) in [6.07, 6.45) is 1.69. The number of hydrogen-bond donors (Lipinski definition) is 0. The van der Waals surface area contributed by atoms with Gasteiger partial charge < -0.3 is 9.80 Å². The third-order valence-corrected chi connectivity index (χ3v) is 4.12. The van der Waals surface area contributed by atoms with Gasteiger partial charge in [0.1, 0.15) is 0 Å². The van der Waals surface area contributed by atoms with Gasteiger partial charge in [0.05, 0.1) is 17.4 Å². The van der Waals surface area contributed by atoms with Gasteiger partial charge in [-0.25, -0.2) is 0 Å². The average molecular weight is 244 g/mol. The Morgan fingerprint density at radius 1 is 1.33 bits per heavy atom. The molecule has 2 aliphatic rings. The van der Waals surface area contributed by atoms with Gasteiger partial charge in [-0.3, -0.25) is 4.79 Å². The van der Waals surface area contributed by atoms with Crippen molar-refractivity contribution in [1.82, 2.24) is 0 Å². The molecule has 1 aromatic carbocycles. The molecule has 1 amide bonds. The molecule has 0 aromatic heterocycles. The fourth-order valence-electron chi connectivity index (χ4n) is 3.28. The number of carbonyl (C=O) groups excluding carboxylic acids is 1. The molecule has 3 nitrogen and oxygen atoms in total. The fraction of sp³-hybridized carbons (Fsp3) is 0.533. The molecular formula is C15H20N2O. The lowest BCUT2D eigenvalue weighted by molar-refractivity contribution is -0.117. The summed E-state index contributed by atoms with van der Waals surface area (Å²) >= 11 is 0. The molecule has 0 N–H and O–H groups in total. The van der Waals surface area contributed by atoms with Crippen LogP contribution in [0.25, 0.3) is 0 Å². The maximum absolute atomic E-state index is 12.1. The lowest BCUT2D eigenvalue weighted by Crippen LogP contribution is -2.46. The number of rotatable bonds is 1. The van der Waals surface area contributed by atoms with Crippen LogP contribution in [0.5, 0.6) is 0 Å². The standard InChI is InChI=1S/C15H20N2O/c1-10(2)12-5-4-6-13-15(12)16(3)9-11-7-8-14(18)17(11)13/h4-6,10-11H,7-9H2,1-3H3/t11-/m1/s1. The lowest BCUT2D eigenvalue weighted by Gasteiger charge is -2.40. The van der Waals surface area contributed by atoms with Crippen molar-refractivity contribution in [2.24, 2.45) is 0 Å². The molecule has 96 valence electrons. The second kappa shape index (κ2) is 4.01. The molecule has 1 aromatic rings. The lowest BCUT2D eigenvalue weighted by atomic mass is 9.96. The Hall–Kier alpha value is -1.51. The highest BCUT2D eigenvalue weighted by Gasteiger charge is 2.38. The summed E-state index contributed by atoms with van der Waals surface area (Å²) in [7, 11) is 2.14. The number of fused-ring (bicyclic) bond motifs is 3. The Morgan fingerprint density at radius 2 is 2.11 bits per heavy atom. The predicted molar refractivity (Wildman–Crippen MR) is 74.3 cm³/mol. The van der Waals surface area contributed by atoms with Gasteiger partial charge in [0.2, 0.25) is 5.91 Å². The first-order chi connectivity index (χ1) is 8.59. The monoisotopic (exact) mass is 244 g/mol. The van der Waals surface area contributed by atoms with Gasteiger partial charge in [0, 0.05) is 20.0 Å². The van der Waals surface area contributed by atoms with E-state index < -0.39 is 0 Å². The summed E-state index contributed by atoms with van der Waals surface area (Å²) in [5.74, 6) is 0.770. The summed E-state index contributed by atoms with van der Waals surface area (Å²) in [6.45, 7) is 5.38. The SMILES string of the molecule is CC(C)c1cccc2c1N(C)C[C@H]1CCC(=O)N21. The molecule has 1 fully saturated rings. The minimum Gasteiger partial charge on any atom is -0.371 e. The summed E-state index contributed by atoms with van der Waals surface area (Å²) in [5, 5.41) is 0. The van der Waals surface area contributed by atoms with Crippen LogP contribution in [0, 0.1) is 0 Å². The van der Waals surface area contributed by atoms with Gasteiger partial charge in [-0.05, 0) is 24.0 Å².